The highest BCUT2D eigenvalue weighted by atomic mass is 16.5. The number of nitrogens with zero attached hydrogens (tertiary/aromatic N) is 2. The van der Waals surface area contributed by atoms with Gasteiger partial charge in [-0.05, 0) is 29.2 Å². The highest BCUT2D eigenvalue weighted by Gasteiger charge is 2.41. The van der Waals surface area contributed by atoms with E-state index < -0.39 is 0 Å². The van der Waals surface area contributed by atoms with Gasteiger partial charge in [-0.2, -0.15) is 0 Å². The van der Waals surface area contributed by atoms with Crippen molar-refractivity contribution in [2.75, 3.05) is 7.11 Å². The van der Waals surface area contributed by atoms with Gasteiger partial charge in [0, 0.05) is 24.4 Å². The van der Waals surface area contributed by atoms with E-state index in [-0.39, 0.29) is 17.2 Å². The van der Waals surface area contributed by atoms with Gasteiger partial charge in [0.15, 0.2) is 5.78 Å². The second-order valence-corrected chi connectivity index (χ2v) is 5.95. The molecule has 1 aliphatic carbocycles. The molecule has 1 aliphatic rings. The number of methoxy groups -OCH3 is 1. The zero-order chi connectivity index (χ0) is 14.3. The lowest BCUT2D eigenvalue weighted by Crippen LogP contribution is -2.35. The Morgan fingerprint density at radius 3 is 2.85 bits per heavy atom. The normalized spacial score (nSPS) is 20.6. The number of benzene rings is 1. The highest BCUT2D eigenvalue weighted by Crippen LogP contribution is 2.46. The highest BCUT2D eigenvalue weighted by molar-refractivity contribution is 5.99. The summed E-state index contributed by atoms with van der Waals surface area (Å²) in [6, 6.07) is 5.78. The molecule has 0 N–H and O–H groups in total. The van der Waals surface area contributed by atoms with Crippen molar-refractivity contribution in [2.24, 2.45) is 5.41 Å². The minimum absolute atomic E-state index is 0.0906. The molecular formula is C16H18N2O2. The molecule has 4 nitrogen and oxygen atoms in total. The third-order valence-electron chi connectivity index (χ3n) is 4.03. The third-order valence-corrected chi connectivity index (χ3v) is 4.03. The first-order chi connectivity index (χ1) is 9.53. The summed E-state index contributed by atoms with van der Waals surface area (Å²) in [6.45, 7) is 4.25. The second kappa shape index (κ2) is 4.47. The van der Waals surface area contributed by atoms with E-state index in [4.69, 9.17) is 4.74 Å². The Balaban J connectivity index is 2.22. The van der Waals surface area contributed by atoms with Crippen LogP contribution < -0.4 is 4.74 Å². The van der Waals surface area contributed by atoms with Crippen molar-refractivity contribution in [3.63, 3.8) is 0 Å². The molecule has 0 radical (unpaired) electrons. The van der Waals surface area contributed by atoms with E-state index in [1.807, 2.05) is 30.7 Å². The molecule has 1 unspecified atom stereocenters. The molecule has 2 aromatic rings. The molecule has 0 aliphatic heterocycles. The predicted octanol–water partition coefficient (Wildman–Crippen LogP) is 3.09. The molecule has 0 spiro atoms. The maximum Gasteiger partial charge on any atom is 0.163 e. The van der Waals surface area contributed by atoms with Crippen LogP contribution >= 0.6 is 0 Å². The summed E-state index contributed by atoms with van der Waals surface area (Å²) in [7, 11) is 1.64. The Hall–Kier alpha value is -2.10. The van der Waals surface area contributed by atoms with E-state index >= 15 is 0 Å². The number of fused-ring (bicyclic) bond motifs is 1. The van der Waals surface area contributed by atoms with E-state index in [0.717, 1.165) is 16.9 Å². The van der Waals surface area contributed by atoms with Crippen LogP contribution in [0.25, 0.3) is 0 Å². The number of hydrogen-bond acceptors (Lipinski definition) is 3. The fourth-order valence-electron chi connectivity index (χ4n) is 3.16. The van der Waals surface area contributed by atoms with E-state index in [0.29, 0.717) is 6.42 Å². The predicted molar refractivity (Wildman–Crippen MR) is 76.1 cm³/mol. The Morgan fingerprint density at radius 2 is 2.20 bits per heavy atom. The van der Waals surface area contributed by atoms with Crippen LogP contribution in [0.1, 0.15) is 42.2 Å². The molecular weight excluding hydrogens is 252 g/mol. The Labute approximate surface area is 118 Å². The molecule has 0 bridgehead atoms. The number of ether oxygens (including phenoxy) is 1. The van der Waals surface area contributed by atoms with E-state index in [1.165, 1.54) is 0 Å². The summed E-state index contributed by atoms with van der Waals surface area (Å²) in [4.78, 5) is 16.5. The number of hydrogen-bond donors (Lipinski definition) is 0. The van der Waals surface area contributed by atoms with Crippen LogP contribution in [0.4, 0.5) is 0 Å². The summed E-state index contributed by atoms with van der Waals surface area (Å²) in [5, 5.41) is 0. The van der Waals surface area contributed by atoms with Gasteiger partial charge in [-0.3, -0.25) is 4.79 Å². The average molecular weight is 270 g/mol. The van der Waals surface area contributed by atoms with Crippen LogP contribution in [0.15, 0.2) is 36.9 Å². The first-order valence-corrected chi connectivity index (χ1v) is 6.71. The van der Waals surface area contributed by atoms with Crippen molar-refractivity contribution >= 4 is 5.78 Å². The summed E-state index contributed by atoms with van der Waals surface area (Å²) in [5.41, 5.74) is 1.66. The van der Waals surface area contributed by atoms with E-state index in [1.54, 1.807) is 13.3 Å². The molecule has 3 rings (SSSR count). The van der Waals surface area contributed by atoms with Gasteiger partial charge in [-0.25, -0.2) is 4.98 Å². The fraction of sp³-hybridized carbons (Fsp3) is 0.375. The Kier molecular flexibility index (Phi) is 2.89. The van der Waals surface area contributed by atoms with Crippen LogP contribution in [0.2, 0.25) is 0 Å². The summed E-state index contributed by atoms with van der Waals surface area (Å²) < 4.78 is 7.39. The Bertz CT molecular complexity index is 645. The van der Waals surface area contributed by atoms with Gasteiger partial charge < -0.3 is 9.30 Å². The van der Waals surface area contributed by atoms with Gasteiger partial charge in [-0.15, -0.1) is 0 Å². The van der Waals surface area contributed by atoms with Crippen LogP contribution in [-0.4, -0.2) is 22.4 Å². The van der Waals surface area contributed by atoms with Crippen LogP contribution in [0.5, 0.6) is 5.75 Å². The molecule has 0 saturated carbocycles. The Morgan fingerprint density at radius 1 is 1.40 bits per heavy atom. The molecule has 0 saturated heterocycles. The summed E-state index contributed by atoms with van der Waals surface area (Å²) >= 11 is 0. The van der Waals surface area contributed by atoms with Crippen LogP contribution in [0, 0.1) is 5.41 Å². The molecule has 104 valence electrons. The van der Waals surface area contributed by atoms with Crippen molar-refractivity contribution in [1.29, 1.82) is 0 Å². The standard InChI is InChI=1S/C16H18N2O2/c1-16(2)9-14(19)12-5-4-11(20-3)8-13(12)15(16)18-7-6-17-10-18/h4-8,10,15H,9H2,1-3H3. The lowest BCUT2D eigenvalue weighted by Gasteiger charge is -2.40. The number of carbonyl (C=O) groups excluding carboxylic acids is 1. The van der Waals surface area contributed by atoms with Crippen molar-refractivity contribution in [3.8, 4) is 5.75 Å². The molecule has 4 heteroatoms. The van der Waals surface area contributed by atoms with Crippen molar-refractivity contribution in [1.82, 2.24) is 9.55 Å². The maximum atomic E-state index is 12.4. The maximum absolute atomic E-state index is 12.4. The number of Topliss-reactive ketones (excluding diaryl/α,β-unsaturated/α-hetero) is 1. The zero-order valence-electron chi connectivity index (χ0n) is 12.0. The second-order valence-electron chi connectivity index (χ2n) is 5.95. The number of aromatic nitrogens is 2. The van der Waals surface area contributed by atoms with Gasteiger partial charge in [0.2, 0.25) is 0 Å². The van der Waals surface area contributed by atoms with E-state index in [9.17, 15) is 4.79 Å². The smallest absolute Gasteiger partial charge is 0.163 e. The number of carbonyl (C=O) groups is 1. The largest absolute Gasteiger partial charge is 0.497 e. The SMILES string of the molecule is COc1ccc2c(c1)C(n1ccnc1)C(C)(C)CC2=O. The zero-order valence-corrected chi connectivity index (χ0v) is 12.0. The molecule has 1 aromatic carbocycles. The van der Waals surface area contributed by atoms with Crippen molar-refractivity contribution in [2.45, 2.75) is 26.3 Å². The van der Waals surface area contributed by atoms with Crippen LogP contribution in [-0.2, 0) is 0 Å². The topological polar surface area (TPSA) is 44.1 Å². The number of ketones is 1. The molecule has 1 heterocycles. The van der Waals surface area contributed by atoms with E-state index in [2.05, 4.69) is 23.4 Å². The summed E-state index contributed by atoms with van der Waals surface area (Å²) in [6.07, 6.45) is 6.07. The molecule has 0 fully saturated rings. The van der Waals surface area contributed by atoms with Gasteiger partial charge in [0.1, 0.15) is 5.75 Å². The fourth-order valence-corrected chi connectivity index (χ4v) is 3.16. The third kappa shape index (κ3) is 1.92. The molecule has 1 aromatic heterocycles. The lowest BCUT2D eigenvalue weighted by molar-refractivity contribution is 0.0868. The summed E-state index contributed by atoms with van der Waals surface area (Å²) in [5.74, 6) is 0.975. The number of rotatable bonds is 2. The van der Waals surface area contributed by atoms with Gasteiger partial charge in [0.05, 0.1) is 19.5 Å². The van der Waals surface area contributed by atoms with Gasteiger partial charge >= 0.3 is 0 Å². The first kappa shape index (κ1) is 12.9. The average Bonchev–Trinajstić information content (AvgIpc) is 2.90. The quantitative estimate of drug-likeness (QED) is 0.842. The molecule has 1 atom stereocenters. The van der Waals surface area contributed by atoms with Crippen LogP contribution in [0.3, 0.4) is 0 Å². The van der Waals surface area contributed by atoms with Crippen molar-refractivity contribution < 1.29 is 9.53 Å². The molecule has 20 heavy (non-hydrogen) atoms. The van der Waals surface area contributed by atoms with Gasteiger partial charge in [-0.1, -0.05) is 13.8 Å². The first-order valence-electron chi connectivity index (χ1n) is 6.71. The minimum atomic E-state index is -0.156. The monoisotopic (exact) mass is 270 g/mol. The lowest BCUT2D eigenvalue weighted by atomic mass is 9.69. The van der Waals surface area contributed by atoms with Crippen molar-refractivity contribution in [3.05, 3.63) is 48.0 Å². The number of imidazole rings is 1. The van der Waals surface area contributed by atoms with Gasteiger partial charge in [0.25, 0.3) is 0 Å². The minimum Gasteiger partial charge on any atom is -0.497 e. The molecule has 0 amide bonds.